The standard InChI is InChI=1S/C24H15Cl2I2NO3S/c25-17-7-6-15(8-18(17)26)12-29-23(30)21(33-24(29)31)11-16-9-19(27)22(20(28)10-16)32-13-14-4-2-1-3-5-14/h1-11H,12-13H2/b21-11+. The van der Waals surface area contributed by atoms with Gasteiger partial charge in [0.1, 0.15) is 12.4 Å². The number of carbonyl (C=O) groups excluding carboxylic acids is 2. The molecule has 1 fully saturated rings. The number of nitrogens with zero attached hydrogens (tertiary/aromatic N) is 1. The van der Waals surface area contributed by atoms with E-state index < -0.39 is 0 Å². The topological polar surface area (TPSA) is 46.6 Å². The van der Waals surface area contributed by atoms with E-state index in [0.29, 0.717) is 21.6 Å². The normalized spacial score (nSPS) is 14.9. The molecule has 4 nitrogen and oxygen atoms in total. The maximum absolute atomic E-state index is 12.9. The fraction of sp³-hybridized carbons (Fsp3) is 0.0833. The Labute approximate surface area is 232 Å². The second-order valence-corrected chi connectivity index (χ2v) is 11.2. The molecule has 0 N–H and O–H groups in total. The lowest BCUT2D eigenvalue weighted by atomic mass is 10.2. The second kappa shape index (κ2) is 11.0. The fourth-order valence-electron chi connectivity index (χ4n) is 3.14. The third kappa shape index (κ3) is 6.05. The highest BCUT2D eigenvalue weighted by atomic mass is 127. The number of rotatable bonds is 6. The van der Waals surface area contributed by atoms with Crippen LogP contribution in [0.2, 0.25) is 10.0 Å². The van der Waals surface area contributed by atoms with Crippen LogP contribution in [0.3, 0.4) is 0 Å². The Morgan fingerprint density at radius 1 is 0.909 bits per heavy atom. The van der Waals surface area contributed by atoms with Crippen molar-refractivity contribution in [3.05, 3.63) is 99.4 Å². The average molecular weight is 722 g/mol. The van der Waals surface area contributed by atoms with E-state index in [1.165, 1.54) is 4.90 Å². The van der Waals surface area contributed by atoms with Gasteiger partial charge >= 0.3 is 0 Å². The van der Waals surface area contributed by atoms with E-state index in [-0.39, 0.29) is 17.7 Å². The van der Waals surface area contributed by atoms with Crippen molar-refractivity contribution in [2.24, 2.45) is 0 Å². The predicted molar refractivity (Wildman–Crippen MR) is 151 cm³/mol. The zero-order valence-electron chi connectivity index (χ0n) is 16.9. The Kier molecular flexibility index (Phi) is 8.27. The molecule has 1 heterocycles. The van der Waals surface area contributed by atoms with Crippen molar-refractivity contribution < 1.29 is 14.3 Å². The molecular formula is C24H15Cl2I2NO3S. The number of amides is 2. The number of thioether (sulfide) groups is 1. The lowest BCUT2D eigenvalue weighted by molar-refractivity contribution is -0.123. The summed E-state index contributed by atoms with van der Waals surface area (Å²) in [5, 5.41) is 0.495. The van der Waals surface area contributed by atoms with Crippen LogP contribution in [-0.2, 0) is 17.9 Å². The summed E-state index contributed by atoms with van der Waals surface area (Å²) in [6.45, 7) is 0.611. The molecule has 2 amide bonds. The van der Waals surface area contributed by atoms with Crippen LogP contribution in [0.15, 0.2) is 65.6 Å². The Bertz CT molecular complexity index is 1240. The highest BCUT2D eigenvalue weighted by Crippen LogP contribution is 2.36. The summed E-state index contributed by atoms with van der Waals surface area (Å²) >= 11 is 17.4. The molecule has 0 aromatic heterocycles. The molecule has 1 aliphatic heterocycles. The summed E-state index contributed by atoms with van der Waals surface area (Å²) < 4.78 is 7.88. The molecule has 0 radical (unpaired) electrons. The van der Waals surface area contributed by atoms with Gasteiger partial charge in [-0.3, -0.25) is 14.5 Å². The molecule has 0 saturated carbocycles. The minimum Gasteiger partial charge on any atom is -0.487 e. The summed E-state index contributed by atoms with van der Waals surface area (Å²) in [5.74, 6) is 0.468. The zero-order valence-corrected chi connectivity index (χ0v) is 23.5. The van der Waals surface area contributed by atoms with Gasteiger partial charge in [-0.05, 0) is 104 Å². The van der Waals surface area contributed by atoms with Crippen molar-refractivity contribution in [2.45, 2.75) is 13.2 Å². The van der Waals surface area contributed by atoms with Crippen LogP contribution >= 0.6 is 80.1 Å². The van der Waals surface area contributed by atoms with Gasteiger partial charge in [0.05, 0.1) is 28.6 Å². The van der Waals surface area contributed by atoms with Gasteiger partial charge in [0.15, 0.2) is 0 Å². The van der Waals surface area contributed by atoms with E-state index >= 15 is 0 Å². The smallest absolute Gasteiger partial charge is 0.293 e. The predicted octanol–water partition coefficient (Wildman–Crippen LogP) is 8.02. The van der Waals surface area contributed by atoms with E-state index in [1.54, 1.807) is 24.3 Å². The highest BCUT2D eigenvalue weighted by molar-refractivity contribution is 14.1. The van der Waals surface area contributed by atoms with E-state index in [0.717, 1.165) is 41.3 Å². The van der Waals surface area contributed by atoms with Gasteiger partial charge < -0.3 is 4.74 Å². The van der Waals surface area contributed by atoms with Crippen molar-refractivity contribution in [1.29, 1.82) is 0 Å². The Hall–Kier alpha value is -1.27. The zero-order chi connectivity index (χ0) is 23.5. The number of imide groups is 1. The number of hydrogen-bond acceptors (Lipinski definition) is 4. The summed E-state index contributed by atoms with van der Waals surface area (Å²) in [7, 11) is 0. The average Bonchev–Trinajstić information content (AvgIpc) is 3.03. The molecule has 1 aliphatic rings. The van der Waals surface area contributed by atoms with Crippen molar-refractivity contribution in [3.8, 4) is 5.75 Å². The monoisotopic (exact) mass is 721 g/mol. The van der Waals surface area contributed by atoms with Gasteiger partial charge in [-0.15, -0.1) is 0 Å². The molecule has 33 heavy (non-hydrogen) atoms. The molecule has 0 atom stereocenters. The van der Waals surface area contributed by atoms with Gasteiger partial charge in [-0.25, -0.2) is 0 Å². The van der Waals surface area contributed by atoms with Crippen LogP contribution < -0.4 is 4.74 Å². The summed E-state index contributed by atoms with van der Waals surface area (Å²) in [6, 6.07) is 18.9. The van der Waals surface area contributed by atoms with Crippen LogP contribution in [0.5, 0.6) is 5.75 Å². The van der Waals surface area contributed by atoms with E-state index in [4.69, 9.17) is 27.9 Å². The van der Waals surface area contributed by atoms with Crippen LogP contribution in [-0.4, -0.2) is 16.0 Å². The van der Waals surface area contributed by atoms with E-state index in [9.17, 15) is 9.59 Å². The fourth-order valence-corrected chi connectivity index (χ4v) is 6.43. The molecule has 0 unspecified atom stereocenters. The van der Waals surface area contributed by atoms with Gasteiger partial charge in [-0.2, -0.15) is 0 Å². The maximum Gasteiger partial charge on any atom is 0.293 e. The minimum atomic E-state index is -0.328. The van der Waals surface area contributed by atoms with Crippen molar-refractivity contribution in [1.82, 2.24) is 4.90 Å². The number of benzene rings is 3. The third-order valence-corrected chi connectivity index (χ3v) is 7.99. The van der Waals surface area contributed by atoms with Crippen LogP contribution in [0.4, 0.5) is 4.79 Å². The molecule has 168 valence electrons. The van der Waals surface area contributed by atoms with Crippen LogP contribution in [0.25, 0.3) is 6.08 Å². The van der Waals surface area contributed by atoms with E-state index in [2.05, 4.69) is 45.2 Å². The first-order chi connectivity index (χ1) is 15.8. The highest BCUT2D eigenvalue weighted by Gasteiger charge is 2.35. The van der Waals surface area contributed by atoms with Crippen molar-refractivity contribution in [3.63, 3.8) is 0 Å². The van der Waals surface area contributed by atoms with Gasteiger partial charge in [-0.1, -0.05) is 59.6 Å². The summed E-state index contributed by atoms with van der Waals surface area (Å²) in [6.07, 6.45) is 1.74. The molecule has 9 heteroatoms. The number of halogens is 4. The molecule has 3 aromatic carbocycles. The van der Waals surface area contributed by atoms with Gasteiger partial charge in [0.2, 0.25) is 0 Å². The lowest BCUT2D eigenvalue weighted by Gasteiger charge is -2.13. The first-order valence-corrected chi connectivity index (χ1v) is 13.4. The molecule has 1 saturated heterocycles. The van der Waals surface area contributed by atoms with Gasteiger partial charge in [0, 0.05) is 0 Å². The number of hydrogen-bond donors (Lipinski definition) is 0. The number of carbonyl (C=O) groups is 2. The quantitative estimate of drug-likeness (QED) is 0.191. The largest absolute Gasteiger partial charge is 0.487 e. The Balaban J connectivity index is 1.50. The molecular weight excluding hydrogens is 707 g/mol. The molecule has 4 rings (SSSR count). The van der Waals surface area contributed by atoms with E-state index in [1.807, 2.05) is 42.5 Å². The van der Waals surface area contributed by atoms with Crippen molar-refractivity contribution in [2.75, 3.05) is 0 Å². The summed E-state index contributed by atoms with van der Waals surface area (Å²) in [4.78, 5) is 27.0. The Morgan fingerprint density at radius 3 is 2.27 bits per heavy atom. The SMILES string of the molecule is O=C1S/C(=C/c2cc(I)c(OCc3ccccc3)c(I)c2)C(=O)N1Cc1ccc(Cl)c(Cl)c1. The lowest BCUT2D eigenvalue weighted by Crippen LogP contribution is -2.27. The van der Waals surface area contributed by atoms with Crippen molar-refractivity contribution >= 4 is 97.4 Å². The first kappa shape index (κ1) is 24.8. The minimum absolute atomic E-state index is 0.139. The molecule has 0 bridgehead atoms. The molecule has 0 aliphatic carbocycles. The molecule has 0 spiro atoms. The first-order valence-electron chi connectivity index (χ1n) is 9.67. The second-order valence-electron chi connectivity index (χ2n) is 7.10. The Morgan fingerprint density at radius 2 is 1.61 bits per heavy atom. The van der Waals surface area contributed by atoms with Crippen LogP contribution in [0.1, 0.15) is 16.7 Å². The summed E-state index contributed by atoms with van der Waals surface area (Å²) in [5.41, 5.74) is 2.65. The van der Waals surface area contributed by atoms with Crippen LogP contribution in [0, 0.1) is 7.14 Å². The third-order valence-electron chi connectivity index (χ3n) is 4.74. The molecule has 3 aromatic rings. The van der Waals surface area contributed by atoms with Gasteiger partial charge in [0.25, 0.3) is 11.1 Å². The number of ether oxygens (including phenoxy) is 1. The maximum atomic E-state index is 12.9.